The molecular formula is C17H14O3. The first-order valence-electron chi connectivity index (χ1n) is 6.43. The molecule has 0 saturated heterocycles. The topological polar surface area (TPSA) is 50.4 Å². The van der Waals surface area contributed by atoms with E-state index >= 15 is 0 Å². The molecule has 0 aliphatic rings. The van der Waals surface area contributed by atoms with Crippen molar-refractivity contribution in [3.63, 3.8) is 0 Å². The van der Waals surface area contributed by atoms with Gasteiger partial charge in [-0.15, -0.1) is 0 Å². The molecule has 0 aliphatic carbocycles. The molecule has 100 valence electrons. The van der Waals surface area contributed by atoms with Crippen LogP contribution in [0.4, 0.5) is 0 Å². The second-order valence-corrected chi connectivity index (χ2v) is 4.72. The summed E-state index contributed by atoms with van der Waals surface area (Å²) in [6, 6.07) is 14.6. The predicted molar refractivity (Wildman–Crippen MR) is 78.6 cm³/mol. The summed E-state index contributed by atoms with van der Waals surface area (Å²) in [4.78, 5) is 12.6. The van der Waals surface area contributed by atoms with Gasteiger partial charge in [-0.05, 0) is 30.2 Å². The maximum absolute atomic E-state index is 12.6. The number of hydrogen-bond acceptors (Lipinski definition) is 3. The fourth-order valence-electron chi connectivity index (χ4n) is 2.39. The van der Waals surface area contributed by atoms with Crippen LogP contribution in [-0.2, 0) is 6.61 Å². The van der Waals surface area contributed by atoms with Crippen LogP contribution >= 0.6 is 0 Å². The standard InChI is InChI=1S/C17H14O3/c1-11-16(13-5-3-2-4-6-13)17(19)14-8-7-12(10-18)9-15(14)20-11/h2-9,18H,10H2,1H3. The molecule has 1 heterocycles. The zero-order valence-electron chi connectivity index (χ0n) is 11.1. The molecular weight excluding hydrogens is 252 g/mol. The first-order chi connectivity index (χ1) is 9.70. The minimum absolute atomic E-state index is 0.0422. The highest BCUT2D eigenvalue weighted by Gasteiger charge is 2.13. The molecule has 1 N–H and O–H groups in total. The highest BCUT2D eigenvalue weighted by atomic mass is 16.3. The summed E-state index contributed by atoms with van der Waals surface area (Å²) >= 11 is 0. The predicted octanol–water partition coefficient (Wildman–Crippen LogP) is 3.26. The Bertz CT molecular complexity index is 817. The Labute approximate surface area is 116 Å². The minimum atomic E-state index is -0.0703. The van der Waals surface area contributed by atoms with E-state index in [-0.39, 0.29) is 12.0 Å². The van der Waals surface area contributed by atoms with Crippen LogP contribution < -0.4 is 5.43 Å². The van der Waals surface area contributed by atoms with Gasteiger partial charge in [-0.1, -0.05) is 36.4 Å². The first-order valence-corrected chi connectivity index (χ1v) is 6.43. The fraction of sp³-hybridized carbons (Fsp3) is 0.118. The summed E-state index contributed by atoms with van der Waals surface area (Å²) in [7, 11) is 0. The number of hydrogen-bond donors (Lipinski definition) is 1. The maximum Gasteiger partial charge on any atom is 0.200 e. The van der Waals surface area contributed by atoms with Crippen LogP contribution in [0.5, 0.6) is 0 Å². The second-order valence-electron chi connectivity index (χ2n) is 4.72. The Morgan fingerprint density at radius 2 is 1.85 bits per heavy atom. The Morgan fingerprint density at radius 1 is 1.10 bits per heavy atom. The molecule has 0 amide bonds. The molecule has 0 atom stereocenters. The molecule has 1 aromatic heterocycles. The van der Waals surface area contributed by atoms with Crippen molar-refractivity contribution in [3.8, 4) is 11.1 Å². The molecule has 0 radical (unpaired) electrons. The van der Waals surface area contributed by atoms with E-state index in [1.54, 1.807) is 25.1 Å². The van der Waals surface area contributed by atoms with Gasteiger partial charge in [0.2, 0.25) is 5.43 Å². The van der Waals surface area contributed by atoms with Crippen LogP contribution in [0.1, 0.15) is 11.3 Å². The number of aliphatic hydroxyl groups is 1. The third-order valence-electron chi connectivity index (χ3n) is 3.38. The third kappa shape index (κ3) is 2.02. The average Bonchev–Trinajstić information content (AvgIpc) is 2.47. The fourth-order valence-corrected chi connectivity index (χ4v) is 2.39. The van der Waals surface area contributed by atoms with Gasteiger partial charge in [0.15, 0.2) is 0 Å². The van der Waals surface area contributed by atoms with Crippen molar-refractivity contribution in [2.45, 2.75) is 13.5 Å². The lowest BCUT2D eigenvalue weighted by Gasteiger charge is -2.07. The van der Waals surface area contributed by atoms with Gasteiger partial charge in [0.25, 0.3) is 0 Å². The minimum Gasteiger partial charge on any atom is -0.460 e. The van der Waals surface area contributed by atoms with E-state index < -0.39 is 0 Å². The smallest absolute Gasteiger partial charge is 0.200 e. The Kier molecular flexibility index (Phi) is 3.12. The Hall–Kier alpha value is -2.39. The quantitative estimate of drug-likeness (QED) is 0.774. The first kappa shape index (κ1) is 12.6. The number of benzene rings is 2. The SMILES string of the molecule is Cc1oc2cc(CO)ccc2c(=O)c1-c1ccccc1. The van der Waals surface area contributed by atoms with Crippen molar-refractivity contribution in [2.24, 2.45) is 0 Å². The normalized spacial score (nSPS) is 10.9. The van der Waals surface area contributed by atoms with E-state index in [9.17, 15) is 4.79 Å². The van der Waals surface area contributed by atoms with Crippen molar-refractivity contribution in [1.82, 2.24) is 0 Å². The molecule has 0 saturated carbocycles. The highest BCUT2D eigenvalue weighted by molar-refractivity contribution is 5.83. The zero-order chi connectivity index (χ0) is 14.1. The molecule has 3 rings (SSSR count). The Morgan fingerprint density at radius 3 is 2.55 bits per heavy atom. The van der Waals surface area contributed by atoms with E-state index in [2.05, 4.69) is 0 Å². The molecule has 3 nitrogen and oxygen atoms in total. The summed E-state index contributed by atoms with van der Waals surface area (Å²) in [5.41, 5.74) is 2.65. The number of aryl methyl sites for hydroxylation is 1. The molecule has 0 spiro atoms. The van der Waals surface area contributed by atoms with Crippen LogP contribution in [0.2, 0.25) is 0 Å². The number of rotatable bonds is 2. The van der Waals surface area contributed by atoms with Crippen molar-refractivity contribution in [2.75, 3.05) is 0 Å². The summed E-state index contributed by atoms with van der Waals surface area (Å²) in [5.74, 6) is 0.587. The second kappa shape index (κ2) is 4.94. The largest absolute Gasteiger partial charge is 0.460 e. The lowest BCUT2D eigenvalue weighted by molar-refractivity contribution is 0.282. The molecule has 0 unspecified atom stereocenters. The van der Waals surface area contributed by atoms with Crippen LogP contribution in [0.25, 0.3) is 22.1 Å². The van der Waals surface area contributed by atoms with Gasteiger partial charge in [0.1, 0.15) is 11.3 Å². The lowest BCUT2D eigenvalue weighted by Crippen LogP contribution is -2.07. The van der Waals surface area contributed by atoms with E-state index in [1.807, 2.05) is 30.3 Å². The van der Waals surface area contributed by atoms with Gasteiger partial charge in [-0.3, -0.25) is 4.79 Å². The van der Waals surface area contributed by atoms with Gasteiger partial charge in [0.05, 0.1) is 17.6 Å². The van der Waals surface area contributed by atoms with E-state index in [0.717, 1.165) is 11.1 Å². The molecule has 3 heteroatoms. The van der Waals surface area contributed by atoms with Crippen LogP contribution in [0.15, 0.2) is 57.7 Å². The van der Waals surface area contributed by atoms with Crippen molar-refractivity contribution >= 4 is 11.0 Å². The molecule has 2 aromatic carbocycles. The van der Waals surface area contributed by atoms with Crippen molar-refractivity contribution in [1.29, 1.82) is 0 Å². The number of fused-ring (bicyclic) bond motifs is 1. The number of aliphatic hydroxyl groups excluding tert-OH is 1. The maximum atomic E-state index is 12.6. The summed E-state index contributed by atoms with van der Waals surface area (Å²) < 4.78 is 5.76. The summed E-state index contributed by atoms with van der Waals surface area (Å²) in [6.07, 6.45) is 0. The summed E-state index contributed by atoms with van der Waals surface area (Å²) in [5, 5.41) is 9.68. The lowest BCUT2D eigenvalue weighted by atomic mass is 10.0. The average molecular weight is 266 g/mol. The Balaban J connectivity index is 2.33. The third-order valence-corrected chi connectivity index (χ3v) is 3.38. The van der Waals surface area contributed by atoms with Crippen molar-refractivity contribution in [3.05, 3.63) is 70.1 Å². The molecule has 0 bridgehead atoms. The highest BCUT2D eigenvalue weighted by Crippen LogP contribution is 2.24. The summed E-state index contributed by atoms with van der Waals surface area (Å²) in [6.45, 7) is 1.72. The van der Waals surface area contributed by atoms with Gasteiger partial charge in [-0.25, -0.2) is 0 Å². The van der Waals surface area contributed by atoms with Gasteiger partial charge >= 0.3 is 0 Å². The van der Waals surface area contributed by atoms with E-state index in [4.69, 9.17) is 9.52 Å². The van der Waals surface area contributed by atoms with E-state index in [1.165, 1.54) is 0 Å². The van der Waals surface area contributed by atoms with Crippen LogP contribution in [-0.4, -0.2) is 5.11 Å². The van der Waals surface area contributed by atoms with Crippen molar-refractivity contribution < 1.29 is 9.52 Å². The van der Waals surface area contributed by atoms with Crippen LogP contribution in [0, 0.1) is 6.92 Å². The van der Waals surface area contributed by atoms with Crippen LogP contribution in [0.3, 0.4) is 0 Å². The van der Waals surface area contributed by atoms with Gasteiger partial charge in [-0.2, -0.15) is 0 Å². The van der Waals surface area contributed by atoms with Gasteiger partial charge in [0, 0.05) is 0 Å². The molecule has 20 heavy (non-hydrogen) atoms. The van der Waals surface area contributed by atoms with E-state index in [0.29, 0.717) is 22.3 Å². The van der Waals surface area contributed by atoms with Gasteiger partial charge < -0.3 is 9.52 Å². The molecule has 0 fully saturated rings. The monoisotopic (exact) mass is 266 g/mol. The molecule has 0 aliphatic heterocycles. The molecule has 3 aromatic rings. The zero-order valence-corrected chi connectivity index (χ0v) is 11.1.